The summed E-state index contributed by atoms with van der Waals surface area (Å²) >= 11 is 1.53. The Bertz CT molecular complexity index is 686. The predicted octanol–water partition coefficient (Wildman–Crippen LogP) is 2.57. The van der Waals surface area contributed by atoms with Gasteiger partial charge < -0.3 is 15.7 Å². The highest BCUT2D eigenvalue weighted by Crippen LogP contribution is 2.20. The van der Waals surface area contributed by atoms with Crippen LogP contribution < -0.4 is 10.6 Å². The van der Waals surface area contributed by atoms with Gasteiger partial charge in [-0.1, -0.05) is 6.07 Å². The Hall–Kier alpha value is -2.06. The summed E-state index contributed by atoms with van der Waals surface area (Å²) in [6, 6.07) is 2.76. The maximum Gasteiger partial charge on any atom is 0.315 e. The second-order valence-electron chi connectivity index (χ2n) is 4.95. The zero-order valence-electron chi connectivity index (χ0n) is 12.7. The number of benzene rings is 1. The molecular weight excluding hydrogens is 324 g/mol. The fraction of sp³-hybridized carbons (Fsp3) is 0.333. The largest absolute Gasteiger partial charge is 0.386 e. The van der Waals surface area contributed by atoms with Crippen molar-refractivity contribution in [1.82, 2.24) is 15.6 Å². The van der Waals surface area contributed by atoms with Crippen molar-refractivity contribution >= 4 is 17.4 Å². The molecule has 0 saturated carbocycles. The minimum atomic E-state index is -1.47. The number of amides is 2. The molecule has 5 nitrogen and oxygen atoms in total. The molecule has 23 heavy (non-hydrogen) atoms. The molecule has 0 saturated heterocycles. The average molecular weight is 341 g/mol. The number of thiazole rings is 1. The van der Waals surface area contributed by atoms with Crippen molar-refractivity contribution in [1.29, 1.82) is 0 Å². The molecule has 2 amide bonds. The number of urea groups is 1. The standard InChI is InChI=1S/C15H17F2N3O2S/c1-8-12(20-9(2)23-8)6-18-15(22)19-7-13(21)14-10(16)4-3-5-11(14)17/h3-5,13,21H,6-7H2,1-2H3,(H2,18,19,22). The number of aliphatic hydroxyl groups excluding tert-OH is 1. The molecule has 1 aromatic heterocycles. The fourth-order valence-electron chi connectivity index (χ4n) is 2.08. The van der Waals surface area contributed by atoms with Crippen molar-refractivity contribution in [2.24, 2.45) is 0 Å². The van der Waals surface area contributed by atoms with Crippen molar-refractivity contribution in [3.8, 4) is 0 Å². The number of halogens is 2. The molecule has 0 radical (unpaired) electrons. The van der Waals surface area contributed by atoms with Crippen LogP contribution in [0.4, 0.5) is 13.6 Å². The summed E-state index contributed by atoms with van der Waals surface area (Å²) < 4.78 is 27.0. The summed E-state index contributed by atoms with van der Waals surface area (Å²) in [4.78, 5) is 17.0. The number of hydrogen-bond donors (Lipinski definition) is 3. The van der Waals surface area contributed by atoms with Gasteiger partial charge in [0.15, 0.2) is 0 Å². The normalized spacial score (nSPS) is 12.0. The number of aryl methyl sites for hydroxylation is 2. The van der Waals surface area contributed by atoms with Crippen molar-refractivity contribution in [3.63, 3.8) is 0 Å². The van der Waals surface area contributed by atoms with Crippen LogP contribution in [-0.4, -0.2) is 22.7 Å². The van der Waals surface area contributed by atoms with Crippen LogP contribution in [0, 0.1) is 25.5 Å². The second-order valence-corrected chi connectivity index (χ2v) is 6.36. The quantitative estimate of drug-likeness (QED) is 0.782. The van der Waals surface area contributed by atoms with Crippen molar-refractivity contribution in [2.45, 2.75) is 26.5 Å². The van der Waals surface area contributed by atoms with E-state index >= 15 is 0 Å². The number of aliphatic hydroxyl groups is 1. The molecule has 2 aromatic rings. The first-order valence-corrected chi connectivity index (χ1v) is 7.76. The fourth-order valence-corrected chi connectivity index (χ4v) is 2.92. The Morgan fingerprint density at radius 2 is 1.96 bits per heavy atom. The van der Waals surface area contributed by atoms with Crippen LogP contribution in [0.3, 0.4) is 0 Å². The summed E-state index contributed by atoms with van der Waals surface area (Å²) in [5.74, 6) is -1.71. The van der Waals surface area contributed by atoms with Crippen molar-refractivity contribution in [3.05, 3.63) is 51.0 Å². The molecule has 124 valence electrons. The van der Waals surface area contributed by atoms with Crippen LogP contribution in [0.5, 0.6) is 0 Å². The summed E-state index contributed by atoms with van der Waals surface area (Å²) in [5, 5.41) is 15.7. The van der Waals surface area contributed by atoms with Gasteiger partial charge in [0.05, 0.1) is 22.8 Å². The lowest BCUT2D eigenvalue weighted by atomic mass is 10.1. The molecule has 0 spiro atoms. The highest BCUT2D eigenvalue weighted by Gasteiger charge is 2.18. The highest BCUT2D eigenvalue weighted by molar-refractivity contribution is 7.11. The lowest BCUT2D eigenvalue weighted by Gasteiger charge is -2.14. The third-order valence-corrected chi connectivity index (χ3v) is 4.13. The lowest BCUT2D eigenvalue weighted by Crippen LogP contribution is -2.37. The molecule has 1 unspecified atom stereocenters. The molecule has 1 atom stereocenters. The molecule has 3 N–H and O–H groups in total. The second kappa shape index (κ2) is 7.47. The van der Waals surface area contributed by atoms with E-state index in [-0.39, 0.29) is 13.1 Å². The molecule has 2 rings (SSSR count). The Morgan fingerprint density at radius 1 is 1.30 bits per heavy atom. The highest BCUT2D eigenvalue weighted by atomic mass is 32.1. The van der Waals surface area contributed by atoms with Gasteiger partial charge in [0.25, 0.3) is 0 Å². The first kappa shape index (κ1) is 17.3. The molecule has 0 aliphatic rings. The van der Waals surface area contributed by atoms with Gasteiger partial charge in [0.2, 0.25) is 0 Å². The van der Waals surface area contributed by atoms with Gasteiger partial charge in [-0.2, -0.15) is 0 Å². The molecule has 1 heterocycles. The van der Waals surface area contributed by atoms with Crippen LogP contribution in [0.15, 0.2) is 18.2 Å². The monoisotopic (exact) mass is 341 g/mol. The molecule has 0 aliphatic carbocycles. The van der Waals surface area contributed by atoms with Crippen molar-refractivity contribution in [2.75, 3.05) is 6.54 Å². The van der Waals surface area contributed by atoms with E-state index in [1.54, 1.807) is 0 Å². The lowest BCUT2D eigenvalue weighted by molar-refractivity contribution is 0.164. The van der Waals surface area contributed by atoms with Crippen LogP contribution in [0.2, 0.25) is 0 Å². The number of rotatable bonds is 5. The van der Waals surface area contributed by atoms with Gasteiger partial charge in [-0.3, -0.25) is 0 Å². The minimum absolute atomic E-state index is 0.242. The molecule has 1 aromatic carbocycles. The maximum absolute atomic E-state index is 13.5. The third-order valence-electron chi connectivity index (χ3n) is 3.20. The first-order chi connectivity index (χ1) is 10.9. The van der Waals surface area contributed by atoms with E-state index < -0.39 is 29.3 Å². The van der Waals surface area contributed by atoms with Crippen LogP contribution in [0.1, 0.15) is 27.2 Å². The number of carbonyl (C=O) groups is 1. The van der Waals surface area contributed by atoms with Gasteiger partial charge >= 0.3 is 6.03 Å². The van der Waals surface area contributed by atoms with Gasteiger partial charge in [0, 0.05) is 11.4 Å². The molecule has 0 bridgehead atoms. The summed E-state index contributed by atoms with van der Waals surface area (Å²) in [6.45, 7) is 3.72. The zero-order chi connectivity index (χ0) is 17.0. The Morgan fingerprint density at radius 3 is 2.52 bits per heavy atom. The Balaban J connectivity index is 1.85. The van der Waals surface area contributed by atoms with E-state index in [1.165, 1.54) is 17.4 Å². The molecule has 0 aliphatic heterocycles. The zero-order valence-corrected chi connectivity index (χ0v) is 13.5. The minimum Gasteiger partial charge on any atom is -0.386 e. The SMILES string of the molecule is Cc1nc(CNC(=O)NCC(O)c2c(F)cccc2F)c(C)s1. The summed E-state index contributed by atoms with van der Waals surface area (Å²) in [5.41, 5.74) is 0.308. The number of hydrogen-bond acceptors (Lipinski definition) is 4. The first-order valence-electron chi connectivity index (χ1n) is 6.95. The number of nitrogens with one attached hydrogen (secondary N) is 2. The third kappa shape index (κ3) is 4.46. The van der Waals surface area contributed by atoms with Crippen LogP contribution in [0.25, 0.3) is 0 Å². The predicted molar refractivity (Wildman–Crippen MR) is 83.1 cm³/mol. The number of carbonyl (C=O) groups excluding carboxylic acids is 1. The van der Waals surface area contributed by atoms with E-state index in [2.05, 4.69) is 15.6 Å². The van der Waals surface area contributed by atoms with E-state index in [0.29, 0.717) is 0 Å². The Kier molecular flexibility index (Phi) is 5.62. The van der Waals surface area contributed by atoms with E-state index in [1.807, 2.05) is 13.8 Å². The smallest absolute Gasteiger partial charge is 0.315 e. The summed E-state index contributed by atoms with van der Waals surface area (Å²) in [7, 11) is 0. The average Bonchev–Trinajstić information content (AvgIpc) is 2.80. The van der Waals surface area contributed by atoms with Gasteiger partial charge in [0.1, 0.15) is 17.7 Å². The topological polar surface area (TPSA) is 74.2 Å². The van der Waals surface area contributed by atoms with Gasteiger partial charge in [-0.05, 0) is 26.0 Å². The van der Waals surface area contributed by atoms with Crippen molar-refractivity contribution < 1.29 is 18.7 Å². The number of nitrogens with zero attached hydrogens (tertiary/aromatic N) is 1. The van der Waals surface area contributed by atoms with Gasteiger partial charge in [-0.25, -0.2) is 18.6 Å². The van der Waals surface area contributed by atoms with E-state index in [4.69, 9.17) is 0 Å². The molecule has 0 fully saturated rings. The molecule has 8 heteroatoms. The molecular formula is C15H17F2N3O2S. The Labute approximate surface area is 136 Å². The number of aromatic nitrogens is 1. The maximum atomic E-state index is 13.5. The van der Waals surface area contributed by atoms with Crippen LogP contribution >= 0.6 is 11.3 Å². The van der Waals surface area contributed by atoms with Crippen LogP contribution in [-0.2, 0) is 6.54 Å². The summed E-state index contributed by atoms with van der Waals surface area (Å²) in [6.07, 6.45) is -1.47. The van der Waals surface area contributed by atoms with Gasteiger partial charge in [-0.15, -0.1) is 11.3 Å². The van der Waals surface area contributed by atoms with E-state index in [0.717, 1.165) is 27.7 Å². The van der Waals surface area contributed by atoms with E-state index in [9.17, 15) is 18.7 Å².